The Morgan fingerprint density at radius 1 is 0.495 bits per heavy atom. The molecule has 0 amide bonds. The summed E-state index contributed by atoms with van der Waals surface area (Å²) in [5.74, 6) is -1.12. The lowest BCUT2D eigenvalue weighted by atomic mass is 9.33. The van der Waals surface area contributed by atoms with Gasteiger partial charge in [-0.05, 0) is 110 Å². The molecule has 6 heterocycles. The molecule has 37 atom stereocenters. The highest BCUT2D eigenvalue weighted by Gasteiger charge is 2.71. The van der Waals surface area contributed by atoms with Crippen LogP contribution in [0.3, 0.4) is 0 Å². The van der Waals surface area contributed by atoms with Crippen LogP contribution in [0.25, 0.3) is 0 Å². The molecule has 11 aliphatic rings. The third-order valence-electron chi connectivity index (χ3n) is 24.7. The molecule has 0 aromatic rings. The van der Waals surface area contributed by atoms with Crippen molar-refractivity contribution >= 4 is 5.97 Å². The number of fused-ring (bicyclic) bond motifs is 7. The molecule has 6 aliphatic heterocycles. The first-order valence-corrected chi connectivity index (χ1v) is 33.6. The number of rotatable bonds is 15. The number of carbonyl (C=O) groups excluding carboxylic acids is 1. The maximum absolute atomic E-state index is 15.6. The molecule has 0 radical (unpaired) electrons. The van der Waals surface area contributed by atoms with Gasteiger partial charge in [0, 0.05) is 0 Å². The highest BCUT2D eigenvalue weighted by Crippen LogP contribution is 2.76. The van der Waals surface area contributed by atoms with Crippen molar-refractivity contribution in [3.05, 3.63) is 11.6 Å². The minimum absolute atomic E-state index is 0.0246. The second kappa shape index (κ2) is 27.7. The molecular formula is C64H104O31. The van der Waals surface area contributed by atoms with Crippen LogP contribution in [0.1, 0.15) is 113 Å². The minimum atomic E-state index is -2.00. The van der Waals surface area contributed by atoms with Crippen LogP contribution in [0.15, 0.2) is 11.6 Å². The molecule has 0 aromatic carbocycles. The fourth-order valence-electron chi connectivity index (χ4n) is 18.9. The summed E-state index contributed by atoms with van der Waals surface area (Å²) in [6.45, 7) is 13.4. The maximum atomic E-state index is 15.6. The largest absolute Gasteiger partial charge is 0.432 e. The Morgan fingerprint density at radius 3 is 1.72 bits per heavy atom. The zero-order valence-corrected chi connectivity index (χ0v) is 54.9. The zero-order valence-electron chi connectivity index (χ0n) is 54.9. The van der Waals surface area contributed by atoms with E-state index in [1.165, 1.54) is 6.92 Å². The van der Waals surface area contributed by atoms with Gasteiger partial charge >= 0.3 is 5.97 Å². The number of carbonyl (C=O) groups is 1. The van der Waals surface area contributed by atoms with Crippen LogP contribution in [-0.4, -0.2) is 315 Å². The second-order valence-corrected chi connectivity index (χ2v) is 31.2. The van der Waals surface area contributed by atoms with Crippen molar-refractivity contribution in [1.82, 2.24) is 0 Å². The van der Waals surface area contributed by atoms with Crippen molar-refractivity contribution < 1.29 is 154 Å². The van der Waals surface area contributed by atoms with E-state index >= 15 is 4.79 Å². The Balaban J connectivity index is 0.801. The van der Waals surface area contributed by atoms with Crippen LogP contribution >= 0.6 is 0 Å². The van der Waals surface area contributed by atoms with Gasteiger partial charge in [0.25, 0.3) is 0 Å². The van der Waals surface area contributed by atoms with Gasteiger partial charge in [0.15, 0.2) is 37.6 Å². The van der Waals surface area contributed by atoms with Gasteiger partial charge in [-0.15, -0.1) is 0 Å². The van der Waals surface area contributed by atoms with Gasteiger partial charge < -0.3 is 149 Å². The third-order valence-corrected chi connectivity index (χ3v) is 24.7. The summed E-state index contributed by atoms with van der Waals surface area (Å²) in [4.78, 5) is 15.6. The quantitative estimate of drug-likeness (QED) is 0.0414. The molecular weight excluding hydrogens is 1260 g/mol. The number of esters is 1. The normalized spacial score (nSPS) is 54.6. The van der Waals surface area contributed by atoms with E-state index in [9.17, 15) is 91.9 Å². The topological polar surface area (TPSA) is 492 Å². The molecule has 0 aromatic heterocycles. The average molecular weight is 1370 g/mol. The predicted octanol–water partition coefficient (Wildman–Crippen LogP) is -5.11. The molecule has 0 spiro atoms. The minimum Gasteiger partial charge on any atom is -0.432 e. The molecule has 5 aliphatic carbocycles. The van der Waals surface area contributed by atoms with Crippen LogP contribution in [0.5, 0.6) is 0 Å². The maximum Gasteiger partial charge on any atom is 0.315 e. The van der Waals surface area contributed by atoms with Crippen LogP contribution in [-0.2, 0) is 61.6 Å². The molecule has 31 nitrogen and oxygen atoms in total. The molecule has 95 heavy (non-hydrogen) atoms. The van der Waals surface area contributed by atoms with E-state index in [0.717, 1.165) is 12.0 Å². The highest BCUT2D eigenvalue weighted by atomic mass is 16.8. The van der Waals surface area contributed by atoms with E-state index < -0.39 is 250 Å². The predicted molar refractivity (Wildman–Crippen MR) is 316 cm³/mol. The van der Waals surface area contributed by atoms with Gasteiger partial charge in [-0.3, -0.25) is 4.79 Å². The first-order valence-electron chi connectivity index (χ1n) is 33.6. The number of hydrogen-bond acceptors (Lipinski definition) is 31. The van der Waals surface area contributed by atoms with Crippen molar-refractivity contribution in [2.75, 3.05) is 33.0 Å². The Kier molecular flexibility index (Phi) is 21.6. The van der Waals surface area contributed by atoms with Crippen LogP contribution in [0.2, 0.25) is 0 Å². The number of aliphatic hydroxyl groups excluding tert-OH is 18. The number of hydrogen-bond donors (Lipinski definition) is 18. The summed E-state index contributed by atoms with van der Waals surface area (Å²) in [5.41, 5.74) is -2.53. The summed E-state index contributed by atoms with van der Waals surface area (Å²) in [7, 11) is 0. The van der Waals surface area contributed by atoms with Crippen LogP contribution in [0.4, 0.5) is 0 Å². The van der Waals surface area contributed by atoms with Crippen molar-refractivity contribution in [3.8, 4) is 0 Å². The molecule has 0 unspecified atom stereocenters. The first-order chi connectivity index (χ1) is 44.5. The van der Waals surface area contributed by atoms with Gasteiger partial charge in [-0.2, -0.15) is 0 Å². The fraction of sp³-hybridized carbons (Fsp3) is 0.953. The molecule has 4 saturated carbocycles. The zero-order chi connectivity index (χ0) is 69.3. The van der Waals surface area contributed by atoms with E-state index in [4.69, 9.17) is 56.8 Å². The summed E-state index contributed by atoms with van der Waals surface area (Å²) in [6.07, 6.45) is -42.3. The summed E-state index contributed by atoms with van der Waals surface area (Å²) < 4.78 is 71.3. The monoisotopic (exact) mass is 1370 g/mol. The average Bonchev–Trinajstić information content (AvgIpc) is 0.674. The van der Waals surface area contributed by atoms with Crippen molar-refractivity contribution in [3.63, 3.8) is 0 Å². The van der Waals surface area contributed by atoms with Gasteiger partial charge in [0.2, 0.25) is 6.29 Å². The van der Waals surface area contributed by atoms with Gasteiger partial charge in [0.05, 0.1) is 56.8 Å². The Morgan fingerprint density at radius 2 is 1.04 bits per heavy atom. The molecule has 10 fully saturated rings. The standard InChI is InChI=1S/C64H104O31/c1-24-35(70)43(78)50(93-54-46(81)42(77)39(74)32(90-54)23-86-52-45(80)41(76)38(73)30(19-65)88-52)57(87-24)95-58(83)64-15-13-59(2,3)17-26(64)25-9-10-34-61(6)18-27(67)51(60(4,5)33(61)11-12-63(34,8)62(25,7)14-16-64)94-55-47(82)48(40(75)31(20-66)89-55)91-56-49(37(72)29(69)22-85-56)92-53-44(79)36(71)28(68)21-84-53/h9,24,26-57,65-82H,10-23H2,1-8H3/t24-,26-,27+,28-,29-,30+,31+,32+,33-,34+,35-,36-,37-,38+,39+,40+,41-,42-,43+,44+,45+,46+,47+,48-,49+,50+,51-,52+,53-,54-,55-,56-,57-,61-,62+,63+,64-/m0/s1. The lowest BCUT2D eigenvalue weighted by Gasteiger charge is -2.71. The number of ether oxygens (including phenoxy) is 12. The van der Waals surface area contributed by atoms with Crippen molar-refractivity contribution in [1.29, 1.82) is 0 Å². The van der Waals surface area contributed by atoms with Crippen molar-refractivity contribution in [2.45, 2.75) is 297 Å². The number of allylic oxidation sites excluding steroid dienone is 2. The van der Waals surface area contributed by atoms with E-state index in [2.05, 4.69) is 40.7 Å². The Labute approximate surface area is 550 Å². The highest BCUT2D eigenvalue weighted by molar-refractivity contribution is 5.79. The van der Waals surface area contributed by atoms with Gasteiger partial charge in [-0.1, -0.05) is 60.1 Å². The van der Waals surface area contributed by atoms with E-state index in [1.54, 1.807) is 0 Å². The summed E-state index contributed by atoms with van der Waals surface area (Å²) >= 11 is 0. The molecule has 18 N–H and O–H groups in total. The van der Waals surface area contributed by atoms with Crippen LogP contribution < -0.4 is 0 Å². The SMILES string of the molecule is C[C@@H]1O[C@@H](OC(=O)[C@]23CCC(C)(C)C[C@H]2C2=CC[C@@H]4[C@@]5(C)C[C@@H](O)[C@H](O[C@@H]6O[C@H](CO)[C@@H](O)[C@H](O[C@@H]7OC[C@H](O)[C@H](O)[C@H]7O[C@@H]7OC[C@H](O)[C@H](O)[C@H]7O)[C@H]6O)C(C)(C)[C@@H]5CC[C@@]4(C)[C@]2(C)CC3)[C@H](O[C@@H]2O[C@H](CO[C@@H]3O[C@H](CO)[C@@H](O)[C@H](O)[C@H]3O)[C@@H](O)[C@H](O)[C@H]2O)[C@H](O)[C@H]1O. The Bertz CT molecular complexity index is 2670. The van der Waals surface area contributed by atoms with Gasteiger partial charge in [0.1, 0.15) is 122 Å². The second-order valence-electron chi connectivity index (χ2n) is 31.2. The smallest absolute Gasteiger partial charge is 0.315 e. The van der Waals surface area contributed by atoms with E-state index in [1.807, 2.05) is 13.8 Å². The van der Waals surface area contributed by atoms with E-state index in [0.29, 0.717) is 44.9 Å². The first kappa shape index (κ1) is 74.2. The number of aliphatic hydroxyl groups is 18. The van der Waals surface area contributed by atoms with Crippen LogP contribution in [0, 0.1) is 50.2 Å². The van der Waals surface area contributed by atoms with E-state index in [-0.39, 0.29) is 29.6 Å². The summed E-state index contributed by atoms with van der Waals surface area (Å²) in [6, 6.07) is 0. The lowest BCUT2D eigenvalue weighted by Crippen LogP contribution is -2.69. The fourth-order valence-corrected chi connectivity index (χ4v) is 18.9. The lowest BCUT2D eigenvalue weighted by molar-refractivity contribution is -0.381. The molecule has 11 rings (SSSR count). The van der Waals surface area contributed by atoms with Gasteiger partial charge in [-0.25, -0.2) is 0 Å². The summed E-state index contributed by atoms with van der Waals surface area (Å²) in [5, 5.41) is 196. The molecule has 0 bridgehead atoms. The molecule has 31 heteroatoms. The Hall–Kier alpha value is -1.95. The molecule has 546 valence electrons. The molecule has 6 saturated heterocycles. The van der Waals surface area contributed by atoms with Crippen molar-refractivity contribution in [2.24, 2.45) is 50.2 Å². The third kappa shape index (κ3) is 12.8.